The van der Waals surface area contributed by atoms with Crippen molar-refractivity contribution < 1.29 is 148 Å². The zero-order chi connectivity index (χ0) is 83.8. The van der Waals surface area contributed by atoms with Gasteiger partial charge >= 0.3 is 66.3 Å². The molecule has 0 bridgehead atoms. The lowest BCUT2D eigenvalue weighted by atomic mass is 9.83. The summed E-state index contributed by atoms with van der Waals surface area (Å²) in [4.78, 5) is 180. The maximum atomic E-state index is 12.2. The lowest BCUT2D eigenvalue weighted by molar-refractivity contribution is -0.180. The van der Waals surface area contributed by atoms with Crippen molar-refractivity contribution in [1.29, 1.82) is 0 Å². The second-order valence-corrected chi connectivity index (χ2v) is 24.7. The topological polar surface area (TPSA) is 508 Å². The third-order valence-corrected chi connectivity index (χ3v) is 15.1. The number of amides is 8. The first kappa shape index (κ1) is 106. The Morgan fingerprint density at radius 1 is 0.486 bits per heavy atom. The Kier molecular flexibility index (Phi) is 64.2. The van der Waals surface area contributed by atoms with E-state index < -0.39 is 102 Å². The number of ether oxygens (including phenoxy) is 15. The maximum absolute atomic E-state index is 12.2. The van der Waals surface area contributed by atoms with E-state index in [2.05, 4.69) is 52.0 Å². The van der Waals surface area contributed by atoms with Crippen LogP contribution in [0, 0.1) is 5.41 Å². The average molecular weight is 1590 g/mol. The van der Waals surface area contributed by atoms with E-state index in [1.165, 1.54) is 109 Å². The number of Topliss-reactive ketones (excluding diaryl/α,β-unsaturated/α-hetero) is 2. The van der Waals surface area contributed by atoms with Crippen molar-refractivity contribution in [1.82, 2.24) is 42.5 Å². The molecule has 1 rings (SSSR count). The van der Waals surface area contributed by atoms with E-state index in [9.17, 15) is 76.7 Å². The normalized spacial score (nSPS) is 13.2. The van der Waals surface area contributed by atoms with Crippen LogP contribution >= 0.6 is 11.8 Å². The second-order valence-electron chi connectivity index (χ2n) is 23.6. The molecule has 0 saturated carbocycles. The van der Waals surface area contributed by atoms with Gasteiger partial charge in [-0.3, -0.25) is 52.7 Å². The predicted molar refractivity (Wildman–Crippen MR) is 391 cm³/mol. The van der Waals surface area contributed by atoms with Crippen LogP contribution in [0.15, 0.2) is 11.6 Å². The lowest BCUT2D eigenvalue weighted by Gasteiger charge is -2.35. The summed E-state index contributed by atoms with van der Waals surface area (Å²) in [5.41, 5.74) is -1.14. The van der Waals surface area contributed by atoms with Crippen LogP contribution in [0.4, 0.5) is 24.0 Å². The molecule has 0 aromatic carbocycles. The Balaban J connectivity index is -0.000000649. The van der Waals surface area contributed by atoms with Crippen LogP contribution in [0.1, 0.15) is 140 Å². The van der Waals surface area contributed by atoms with E-state index in [1.807, 2.05) is 6.92 Å². The summed E-state index contributed by atoms with van der Waals surface area (Å²) in [6.07, 6.45) is -0.179. The monoisotopic (exact) mass is 1590 g/mol. The Morgan fingerprint density at radius 2 is 0.899 bits per heavy atom. The molecule has 109 heavy (non-hydrogen) atoms. The molecule has 0 spiro atoms. The summed E-state index contributed by atoms with van der Waals surface area (Å²) in [6.45, 7) is 18.3. The van der Waals surface area contributed by atoms with Crippen molar-refractivity contribution in [3.8, 4) is 0 Å². The molecule has 3 atom stereocenters. The predicted octanol–water partition coefficient (Wildman–Crippen LogP) is 3.15. The van der Waals surface area contributed by atoms with Crippen LogP contribution in [0.25, 0.3) is 0 Å². The van der Waals surface area contributed by atoms with Crippen molar-refractivity contribution in [2.45, 2.75) is 176 Å². The largest absolute Gasteiger partial charge is 0.465 e. The van der Waals surface area contributed by atoms with Crippen molar-refractivity contribution in [3.63, 3.8) is 0 Å². The van der Waals surface area contributed by atoms with E-state index in [4.69, 9.17) is 61.6 Å². The summed E-state index contributed by atoms with van der Waals surface area (Å²) in [6, 6.07) is 0. The van der Waals surface area contributed by atoms with E-state index >= 15 is 0 Å². The van der Waals surface area contributed by atoms with Gasteiger partial charge in [0, 0.05) is 145 Å². The number of thioether (sulfide) groups is 1. The van der Waals surface area contributed by atoms with Gasteiger partial charge < -0.3 is 114 Å². The highest BCUT2D eigenvalue weighted by molar-refractivity contribution is 7.99. The van der Waals surface area contributed by atoms with Crippen LogP contribution in [0.5, 0.6) is 0 Å². The van der Waals surface area contributed by atoms with E-state index in [1.54, 1.807) is 28.1 Å². The third-order valence-electron chi connectivity index (χ3n) is 13.8. The number of ketones is 2. The van der Waals surface area contributed by atoms with Crippen molar-refractivity contribution in [2.24, 2.45) is 5.41 Å². The summed E-state index contributed by atoms with van der Waals surface area (Å²) in [5.74, 6) is -2.83. The molecular formula is C69H120N8O31S. The molecule has 0 unspecified atom stereocenters. The van der Waals surface area contributed by atoms with Crippen LogP contribution < -0.4 is 42.5 Å². The third kappa shape index (κ3) is 61.4. The standard InChI is InChI=1S/C19H36N4O7.C16H27NO7S.C16H23NO7.C10H18N2O6.C8H16O4/c1-5-15(24)23-19(9-6-12-28-16(25)20-2,10-7-13-29-17(26)21-3)11-8-14-30-18(27)22-4;1-5-15(21)17-6-7-25-11-16(8-22-12(2)18,9-23-13(3)19)10-24-14(4)20;1-5-6-17-16(21)12-7-13(22-9(2)18)15(24-11(4)20)14(8-12)23-10(3)19;1-7(13)6-18-8(4-11-9(14)16-2)5-12-10(15)17-3;1-7(9)4-12-8(5-10-2)6-11-3/h5-14H2,1-4H3,(H,20,25)(H,21,26)(H,22,27)(H,23,24);5-11H2,1-4H3,(H,17,21);7,13-15H,5-6,8H2,1-4H3,(H,17,21);8H,4-6H2,1-3H3,(H,11,14)(H,12,15);8H,4-6H2,1-3H3/t;;13-,14-,15-;;/m..1../s1. The molecule has 1 aliphatic rings. The molecule has 0 fully saturated rings. The fraction of sp³-hybridized carbons (Fsp3) is 0.739. The first-order chi connectivity index (χ1) is 51.5. The Morgan fingerprint density at radius 3 is 1.25 bits per heavy atom. The number of alkyl carbamates (subject to hydrolysis) is 5. The fourth-order valence-electron chi connectivity index (χ4n) is 8.67. The van der Waals surface area contributed by atoms with E-state index in [0.717, 1.165) is 6.42 Å². The van der Waals surface area contributed by atoms with Gasteiger partial charge in [-0.05, 0) is 64.9 Å². The number of carbonyl (C=O) groups excluding carboxylic acids is 16. The molecule has 0 aromatic heterocycles. The number of nitrogens with one attached hydrogen (secondary N) is 8. The number of carbonyl (C=O) groups is 16. The molecule has 1 aliphatic carbocycles. The van der Waals surface area contributed by atoms with Crippen LogP contribution in [0.3, 0.4) is 0 Å². The first-order valence-electron chi connectivity index (χ1n) is 34.9. The molecule has 0 saturated heterocycles. The minimum atomic E-state index is -1.01. The molecule has 8 amide bonds. The highest BCUT2D eigenvalue weighted by Crippen LogP contribution is 2.29. The van der Waals surface area contributed by atoms with Crippen molar-refractivity contribution >= 4 is 107 Å². The summed E-state index contributed by atoms with van der Waals surface area (Å²) < 4.78 is 74.7. The number of methoxy groups -OCH3 is 4. The minimum absolute atomic E-state index is 0.00667. The minimum Gasteiger partial charge on any atom is -0.465 e. The first-order valence-corrected chi connectivity index (χ1v) is 36.0. The molecule has 0 radical (unpaired) electrons. The molecule has 39 nitrogen and oxygen atoms in total. The molecular weight excluding hydrogens is 1470 g/mol. The Labute approximate surface area is 642 Å². The van der Waals surface area contributed by atoms with Gasteiger partial charge in [-0.25, -0.2) is 24.0 Å². The van der Waals surface area contributed by atoms with Gasteiger partial charge in [0.1, 0.15) is 45.2 Å². The lowest BCUT2D eigenvalue weighted by Crippen LogP contribution is -2.49. The summed E-state index contributed by atoms with van der Waals surface area (Å²) in [7, 11) is 10.1. The highest BCUT2D eigenvalue weighted by atomic mass is 32.2. The molecule has 40 heteroatoms. The molecule has 0 aromatic rings. The summed E-state index contributed by atoms with van der Waals surface area (Å²) >= 11 is 1.48. The smallest absolute Gasteiger partial charge is 0.406 e. The number of hydrogen-bond donors (Lipinski definition) is 8. The Bertz CT molecular complexity index is 2650. The highest BCUT2D eigenvalue weighted by Gasteiger charge is 2.42. The van der Waals surface area contributed by atoms with Gasteiger partial charge in [0.2, 0.25) is 17.7 Å². The molecule has 628 valence electrons. The van der Waals surface area contributed by atoms with Crippen LogP contribution in [0.2, 0.25) is 0 Å². The van der Waals surface area contributed by atoms with Gasteiger partial charge in [0.25, 0.3) is 0 Å². The molecule has 0 heterocycles. The van der Waals surface area contributed by atoms with Crippen molar-refractivity contribution in [2.75, 3.05) is 153 Å². The van der Waals surface area contributed by atoms with Crippen molar-refractivity contribution in [3.05, 3.63) is 11.6 Å². The van der Waals surface area contributed by atoms with Gasteiger partial charge in [-0.2, -0.15) is 11.8 Å². The van der Waals surface area contributed by atoms with Gasteiger partial charge in [0.15, 0.2) is 23.8 Å². The van der Waals surface area contributed by atoms with Gasteiger partial charge in [-0.1, -0.05) is 20.8 Å². The average Bonchev–Trinajstić information content (AvgIpc) is 0.815. The molecule has 0 aliphatic heterocycles. The number of rotatable bonds is 46. The Hall–Kier alpha value is -9.15. The van der Waals surface area contributed by atoms with E-state index in [0.29, 0.717) is 94.7 Å². The SMILES string of the molecule is CCC(=O)NC(CCCOC(=O)NC)(CCCOC(=O)NC)CCCOC(=O)NC.CCC(=O)NCCSCC(COC(C)=O)(COC(C)=O)COC(C)=O.CCCNC(=O)C1=C[C@@H](OC(C)=O)[C@@H](OC(C)=O)[C@H](OC(C)=O)C1.COC(=O)NCC(CNC(=O)OC)OCC(C)=O.COCC(COC)OCC(C)=O. The quantitative estimate of drug-likeness (QED) is 0.0246. The van der Waals surface area contributed by atoms with Crippen LogP contribution in [-0.4, -0.2) is 285 Å². The summed E-state index contributed by atoms with van der Waals surface area (Å²) in [5, 5.41) is 20.5. The zero-order valence-electron chi connectivity index (χ0n) is 66.4. The zero-order valence-corrected chi connectivity index (χ0v) is 67.2. The molecule has 8 N–H and O–H groups in total. The van der Waals surface area contributed by atoms with Gasteiger partial charge in [-0.15, -0.1) is 0 Å². The maximum Gasteiger partial charge on any atom is 0.406 e. The van der Waals surface area contributed by atoms with Crippen LogP contribution in [-0.2, 0) is 124 Å². The fourth-order valence-corrected chi connectivity index (χ4v) is 9.74. The van der Waals surface area contributed by atoms with Gasteiger partial charge in [0.05, 0.1) is 58.8 Å². The second kappa shape index (κ2) is 65.9. The van der Waals surface area contributed by atoms with E-state index in [-0.39, 0.29) is 108 Å². The number of esters is 6. The number of hydrogen-bond acceptors (Lipinski definition) is 32.